The molecule has 28 heavy (non-hydrogen) atoms. The van der Waals surface area contributed by atoms with Crippen LogP contribution in [0.15, 0.2) is 0 Å². The number of esters is 2. The number of aliphatic hydroxyl groups excluding tert-OH is 1. The number of carbonyl (C=O) groups is 2. The summed E-state index contributed by atoms with van der Waals surface area (Å²) in [6.07, 6.45) is 13.0. The number of rotatable bonds is 6. The largest absolute Gasteiger partial charge is 0.463 e. The molecule has 4 atom stereocenters. The van der Waals surface area contributed by atoms with E-state index < -0.39 is 6.10 Å². The average Bonchev–Trinajstić information content (AvgIpc) is 3.34. The lowest BCUT2D eigenvalue weighted by Gasteiger charge is -2.24. The molecular formula is C23H36O5. The van der Waals surface area contributed by atoms with Crippen LogP contribution in [0.5, 0.6) is 0 Å². The number of hydrogen-bond acceptors (Lipinski definition) is 5. The number of carbonyl (C=O) groups excluding carboxylic acids is 2. The summed E-state index contributed by atoms with van der Waals surface area (Å²) in [6, 6.07) is 0. The Bertz CT molecular complexity index is 485. The minimum absolute atomic E-state index is 0.00955. The zero-order valence-electron chi connectivity index (χ0n) is 17.0. The Labute approximate surface area is 168 Å². The number of hydrogen-bond donors (Lipinski definition) is 1. The topological polar surface area (TPSA) is 72.8 Å². The highest BCUT2D eigenvalue weighted by molar-refractivity contribution is 5.73. The number of ether oxygens (including phenoxy) is 2. The standard InChI is InChI=1S/C23H36O5/c24-21(13-27-22(25)19-9-15-5-1-2-6-16(15)10-19)14-28-23(26)20-11-17-7-3-4-8-18(17)12-20/h15-21,24H,1-14H2. The molecule has 0 heterocycles. The van der Waals surface area contributed by atoms with Gasteiger partial charge in [-0.1, -0.05) is 51.4 Å². The maximum absolute atomic E-state index is 12.3. The van der Waals surface area contributed by atoms with Gasteiger partial charge in [0.15, 0.2) is 0 Å². The highest BCUT2D eigenvalue weighted by Crippen LogP contribution is 2.46. The van der Waals surface area contributed by atoms with Gasteiger partial charge in [0.1, 0.15) is 19.3 Å². The van der Waals surface area contributed by atoms with Crippen LogP contribution in [0.25, 0.3) is 0 Å². The van der Waals surface area contributed by atoms with Gasteiger partial charge < -0.3 is 14.6 Å². The molecule has 4 rings (SSSR count). The Kier molecular flexibility index (Phi) is 6.59. The van der Waals surface area contributed by atoms with Gasteiger partial charge in [0.25, 0.3) is 0 Å². The Morgan fingerprint density at radius 1 is 0.679 bits per heavy atom. The monoisotopic (exact) mass is 392 g/mol. The number of aliphatic hydroxyl groups is 1. The van der Waals surface area contributed by atoms with E-state index in [0.29, 0.717) is 23.7 Å². The molecule has 0 radical (unpaired) electrons. The second-order valence-corrected chi connectivity index (χ2v) is 9.86. The predicted octanol–water partition coefficient (Wildman–Crippen LogP) is 3.87. The first-order chi connectivity index (χ1) is 13.6. The summed E-state index contributed by atoms with van der Waals surface area (Å²) in [5.41, 5.74) is 0. The normalized spacial score (nSPS) is 38.3. The van der Waals surface area contributed by atoms with E-state index in [0.717, 1.165) is 25.7 Å². The lowest BCUT2D eigenvalue weighted by molar-refractivity contribution is -0.157. The lowest BCUT2D eigenvalue weighted by Crippen LogP contribution is -2.28. The fourth-order valence-corrected chi connectivity index (χ4v) is 6.49. The molecule has 4 saturated carbocycles. The van der Waals surface area contributed by atoms with Crippen molar-refractivity contribution in [3.05, 3.63) is 0 Å². The third-order valence-corrected chi connectivity index (χ3v) is 7.98. The van der Waals surface area contributed by atoms with E-state index in [4.69, 9.17) is 9.47 Å². The van der Waals surface area contributed by atoms with Gasteiger partial charge in [0.2, 0.25) is 0 Å². The highest BCUT2D eigenvalue weighted by Gasteiger charge is 2.40. The van der Waals surface area contributed by atoms with Crippen molar-refractivity contribution in [1.82, 2.24) is 0 Å². The molecule has 0 aromatic heterocycles. The van der Waals surface area contributed by atoms with E-state index in [1.807, 2.05) is 0 Å². The molecule has 4 aliphatic rings. The third-order valence-electron chi connectivity index (χ3n) is 7.98. The Hall–Kier alpha value is -1.10. The van der Waals surface area contributed by atoms with Gasteiger partial charge in [-0.25, -0.2) is 0 Å². The predicted molar refractivity (Wildman–Crippen MR) is 104 cm³/mol. The van der Waals surface area contributed by atoms with Gasteiger partial charge in [-0.3, -0.25) is 9.59 Å². The first-order valence-corrected chi connectivity index (χ1v) is 11.6. The lowest BCUT2D eigenvalue weighted by atomic mass is 9.82. The molecule has 4 unspecified atom stereocenters. The van der Waals surface area contributed by atoms with E-state index in [9.17, 15) is 14.7 Å². The van der Waals surface area contributed by atoms with Crippen molar-refractivity contribution in [2.24, 2.45) is 35.5 Å². The summed E-state index contributed by atoms with van der Waals surface area (Å²) < 4.78 is 10.7. The Balaban J connectivity index is 1.13. The molecule has 0 aromatic carbocycles. The minimum Gasteiger partial charge on any atom is -0.463 e. The fourth-order valence-electron chi connectivity index (χ4n) is 6.49. The maximum atomic E-state index is 12.3. The van der Waals surface area contributed by atoms with E-state index in [1.54, 1.807) is 0 Å². The molecule has 0 aromatic rings. The van der Waals surface area contributed by atoms with Crippen LogP contribution in [0.1, 0.15) is 77.0 Å². The van der Waals surface area contributed by atoms with Crippen LogP contribution < -0.4 is 0 Å². The molecule has 0 saturated heterocycles. The molecule has 4 fully saturated rings. The van der Waals surface area contributed by atoms with Crippen LogP contribution in [-0.4, -0.2) is 36.4 Å². The molecular weight excluding hydrogens is 356 g/mol. The number of fused-ring (bicyclic) bond motifs is 2. The zero-order chi connectivity index (χ0) is 19.5. The second-order valence-electron chi connectivity index (χ2n) is 9.86. The van der Waals surface area contributed by atoms with Crippen LogP contribution in [0.3, 0.4) is 0 Å². The summed E-state index contributed by atoms with van der Waals surface area (Å²) in [7, 11) is 0. The maximum Gasteiger partial charge on any atom is 0.309 e. The van der Waals surface area contributed by atoms with E-state index in [1.165, 1.54) is 51.4 Å². The molecule has 0 spiro atoms. The van der Waals surface area contributed by atoms with E-state index >= 15 is 0 Å². The molecule has 4 aliphatic carbocycles. The molecule has 0 amide bonds. The summed E-state index contributed by atoms with van der Waals surface area (Å²) in [6.45, 7) is -0.151. The summed E-state index contributed by atoms with van der Waals surface area (Å²) >= 11 is 0. The van der Waals surface area contributed by atoms with E-state index in [2.05, 4.69) is 0 Å². The SMILES string of the molecule is O=C(OCC(O)COC(=O)C1CC2CCCCC2C1)C1CC2CCCCC2C1. The van der Waals surface area contributed by atoms with Crippen molar-refractivity contribution in [1.29, 1.82) is 0 Å². The van der Waals surface area contributed by atoms with Crippen LogP contribution in [0.4, 0.5) is 0 Å². The molecule has 5 heteroatoms. The Morgan fingerprint density at radius 3 is 1.32 bits per heavy atom. The van der Waals surface area contributed by atoms with Crippen molar-refractivity contribution in [3.8, 4) is 0 Å². The third kappa shape index (κ3) is 4.72. The quantitative estimate of drug-likeness (QED) is 0.695. The fraction of sp³-hybridized carbons (Fsp3) is 0.913. The van der Waals surface area contributed by atoms with Gasteiger partial charge >= 0.3 is 11.9 Å². The Morgan fingerprint density at radius 2 is 1.00 bits per heavy atom. The first kappa shape index (κ1) is 20.2. The molecule has 1 N–H and O–H groups in total. The smallest absolute Gasteiger partial charge is 0.309 e. The van der Waals surface area contributed by atoms with Gasteiger partial charge in [0.05, 0.1) is 11.8 Å². The van der Waals surface area contributed by atoms with Crippen molar-refractivity contribution >= 4 is 11.9 Å². The van der Waals surface area contributed by atoms with Crippen molar-refractivity contribution < 1.29 is 24.2 Å². The van der Waals surface area contributed by atoms with Crippen LogP contribution >= 0.6 is 0 Å². The van der Waals surface area contributed by atoms with Gasteiger partial charge in [-0.15, -0.1) is 0 Å². The molecule has 0 aliphatic heterocycles. The molecule has 158 valence electrons. The van der Waals surface area contributed by atoms with Gasteiger partial charge in [0, 0.05) is 0 Å². The average molecular weight is 393 g/mol. The van der Waals surface area contributed by atoms with Crippen molar-refractivity contribution in [2.75, 3.05) is 13.2 Å². The van der Waals surface area contributed by atoms with E-state index in [-0.39, 0.29) is 37.0 Å². The van der Waals surface area contributed by atoms with Crippen LogP contribution in [0, 0.1) is 35.5 Å². The van der Waals surface area contributed by atoms with Crippen LogP contribution in [-0.2, 0) is 19.1 Å². The second kappa shape index (κ2) is 9.15. The summed E-state index contributed by atoms with van der Waals surface area (Å²) in [5.74, 6) is 2.37. The molecule has 0 bridgehead atoms. The minimum atomic E-state index is -0.930. The first-order valence-electron chi connectivity index (χ1n) is 11.6. The van der Waals surface area contributed by atoms with Crippen molar-refractivity contribution in [2.45, 2.75) is 83.2 Å². The van der Waals surface area contributed by atoms with Crippen LogP contribution in [0.2, 0.25) is 0 Å². The highest BCUT2D eigenvalue weighted by atomic mass is 16.6. The van der Waals surface area contributed by atoms with Gasteiger partial charge in [-0.05, 0) is 49.4 Å². The molecule has 5 nitrogen and oxygen atoms in total. The summed E-state index contributed by atoms with van der Waals surface area (Å²) in [4.78, 5) is 24.7. The van der Waals surface area contributed by atoms with Gasteiger partial charge in [-0.2, -0.15) is 0 Å². The zero-order valence-corrected chi connectivity index (χ0v) is 17.0. The summed E-state index contributed by atoms with van der Waals surface area (Å²) in [5, 5.41) is 10.1. The van der Waals surface area contributed by atoms with Crippen molar-refractivity contribution in [3.63, 3.8) is 0 Å².